The molecule has 9 nitrogen and oxygen atoms in total. The van der Waals surface area contributed by atoms with Gasteiger partial charge in [0.2, 0.25) is 0 Å². The van der Waals surface area contributed by atoms with Gasteiger partial charge in [0.25, 0.3) is 0 Å². The summed E-state index contributed by atoms with van der Waals surface area (Å²) in [6.45, 7) is 9.48. The Balaban J connectivity index is 0.000000130. The SMILES string of the molecule is Cc1ccccc1-n1c(-c2ccc(Br)cc2)ccc1-c1cccc(C(=O)O)c1.Cc1ccccc1-n1c(-c2ccc(Br)cc2)ccc1-c1cccc(C=O)c1.Cc1ccccc1-n1c(-c2ccc(Br)cc2)ccc1-c1cccc(CN(C)C)c1.Cc1ccccc1-n1c(-c2ccc(Br)cc2)ccc1-c1cccc(CO)c1. The Hall–Kier alpha value is -11.3. The zero-order valence-corrected chi connectivity index (χ0v) is 68.6. The van der Waals surface area contributed by atoms with Gasteiger partial charge in [-0.1, -0.05) is 252 Å². The molecular formula is C98H81Br4N5O4. The Morgan fingerprint density at radius 1 is 0.315 bits per heavy atom. The molecule has 16 aromatic rings. The number of rotatable bonds is 17. The van der Waals surface area contributed by atoms with E-state index in [9.17, 15) is 19.8 Å². The van der Waals surface area contributed by atoms with Crippen molar-refractivity contribution < 1.29 is 19.8 Å². The number of para-hydroxylation sites is 4. The first-order chi connectivity index (χ1) is 53.9. The second kappa shape index (κ2) is 36.1. The molecule has 16 rings (SSSR count). The maximum Gasteiger partial charge on any atom is 0.335 e. The van der Waals surface area contributed by atoms with E-state index < -0.39 is 5.97 Å². The van der Waals surface area contributed by atoms with Gasteiger partial charge in [0.05, 0.1) is 57.7 Å². The van der Waals surface area contributed by atoms with Crippen LogP contribution >= 0.6 is 63.7 Å². The lowest BCUT2D eigenvalue weighted by Crippen LogP contribution is -2.10. The molecule has 12 aromatic carbocycles. The Labute approximate surface area is 683 Å². The van der Waals surface area contributed by atoms with Crippen molar-refractivity contribution >= 4 is 76.0 Å². The largest absolute Gasteiger partial charge is 0.478 e. The van der Waals surface area contributed by atoms with Crippen molar-refractivity contribution in [1.82, 2.24) is 23.2 Å². The summed E-state index contributed by atoms with van der Waals surface area (Å²) >= 11 is 14.1. The number of aromatic carboxylic acids is 1. The van der Waals surface area contributed by atoms with E-state index in [1.54, 1.807) is 18.2 Å². The van der Waals surface area contributed by atoms with Gasteiger partial charge in [-0.3, -0.25) is 4.79 Å². The van der Waals surface area contributed by atoms with Crippen LogP contribution in [0.3, 0.4) is 0 Å². The van der Waals surface area contributed by atoms with Crippen molar-refractivity contribution in [3.8, 4) is 113 Å². The van der Waals surface area contributed by atoms with Crippen molar-refractivity contribution in [2.45, 2.75) is 40.8 Å². The molecule has 0 radical (unpaired) electrons. The topological polar surface area (TPSA) is 97.6 Å². The molecule has 0 saturated heterocycles. The van der Waals surface area contributed by atoms with Gasteiger partial charge >= 0.3 is 5.97 Å². The highest BCUT2D eigenvalue weighted by atomic mass is 79.9. The summed E-state index contributed by atoms with van der Waals surface area (Å²) in [4.78, 5) is 24.9. The van der Waals surface area contributed by atoms with Crippen LogP contribution < -0.4 is 0 Å². The van der Waals surface area contributed by atoms with Crippen LogP contribution in [0.5, 0.6) is 0 Å². The van der Waals surface area contributed by atoms with Crippen LogP contribution in [0.1, 0.15) is 54.1 Å². The standard InChI is InChI=1S/C26H25BrN2.C24H18BrNO2.C24H20BrNO.C24H18BrNO/c1-19-7-4-5-10-24(19)29-25(21-11-13-23(27)14-12-21)15-16-26(29)22-9-6-8-20(17-22)18-28(2)3;1-16-5-2-3-8-21(16)26-22(17-9-11-20(25)12-10-17)13-14-23(26)18-6-4-7-19(15-18)24(27)28;2*1-17-5-2-3-8-22(17)26-23(19-9-11-21(25)12-10-19)13-14-24(26)20-7-4-6-18(15-20)16-27/h4-17H,18H2,1-3H3;2-15H,1H3,(H,27,28);2-15,27H,16H2,1H3;2-16H,1H3. The number of carbonyl (C=O) groups is 2. The van der Waals surface area contributed by atoms with Crippen LogP contribution in [0.2, 0.25) is 0 Å². The van der Waals surface area contributed by atoms with Crippen molar-refractivity contribution in [3.05, 3.63) is 402 Å². The van der Waals surface area contributed by atoms with Crippen molar-refractivity contribution in [3.63, 3.8) is 0 Å². The summed E-state index contributed by atoms with van der Waals surface area (Å²) in [5.74, 6) is -0.927. The van der Waals surface area contributed by atoms with E-state index in [0.29, 0.717) is 5.56 Å². The minimum atomic E-state index is -0.927. The Bertz CT molecular complexity index is 5930. The number of hydrogen-bond donors (Lipinski definition) is 2. The number of aliphatic hydroxyl groups is 1. The van der Waals surface area contributed by atoms with E-state index in [1.165, 1.54) is 50.5 Å². The molecule has 0 aliphatic carbocycles. The molecule has 0 unspecified atom stereocenters. The van der Waals surface area contributed by atoms with Crippen LogP contribution in [0.4, 0.5) is 0 Å². The van der Waals surface area contributed by atoms with Gasteiger partial charge in [-0.25, -0.2) is 4.79 Å². The molecule has 550 valence electrons. The molecule has 13 heteroatoms. The summed E-state index contributed by atoms with van der Waals surface area (Å²) < 4.78 is 13.4. The second-order valence-corrected chi connectivity index (χ2v) is 31.0. The normalized spacial score (nSPS) is 10.9. The quantitative estimate of drug-likeness (QED) is 0.0886. The van der Waals surface area contributed by atoms with Crippen LogP contribution in [0.15, 0.2) is 358 Å². The lowest BCUT2D eigenvalue weighted by molar-refractivity contribution is 0.0696. The van der Waals surface area contributed by atoms with E-state index in [-0.39, 0.29) is 12.2 Å². The fraction of sp³-hybridized carbons (Fsp3) is 0.0816. The predicted molar refractivity (Wildman–Crippen MR) is 472 cm³/mol. The van der Waals surface area contributed by atoms with Gasteiger partial charge in [0, 0.05) is 52.7 Å². The van der Waals surface area contributed by atoms with Crippen molar-refractivity contribution in [1.29, 1.82) is 0 Å². The molecule has 4 heterocycles. The van der Waals surface area contributed by atoms with Crippen LogP contribution in [-0.4, -0.2) is 59.7 Å². The maximum absolute atomic E-state index is 11.4. The number of halogens is 4. The molecule has 0 saturated carbocycles. The fourth-order valence-electron chi connectivity index (χ4n) is 13.9. The number of aryl methyl sites for hydroxylation is 4. The molecule has 0 spiro atoms. The zero-order valence-electron chi connectivity index (χ0n) is 62.3. The van der Waals surface area contributed by atoms with Crippen molar-refractivity contribution in [2.24, 2.45) is 0 Å². The van der Waals surface area contributed by atoms with Gasteiger partial charge in [-0.15, -0.1) is 0 Å². The number of aldehydes is 1. The second-order valence-electron chi connectivity index (χ2n) is 27.4. The number of hydrogen-bond acceptors (Lipinski definition) is 4. The average molecular weight is 1710 g/mol. The summed E-state index contributed by atoms with van der Waals surface area (Å²) in [5.41, 5.74) is 30.2. The Morgan fingerprint density at radius 2 is 0.586 bits per heavy atom. The Kier molecular flexibility index (Phi) is 25.3. The third-order valence-electron chi connectivity index (χ3n) is 19.4. The molecule has 2 N–H and O–H groups in total. The summed E-state index contributed by atoms with van der Waals surface area (Å²) in [6.07, 6.45) is 0.889. The average Bonchev–Trinajstić information content (AvgIpc) is 1.67. The predicted octanol–water partition coefficient (Wildman–Crippen LogP) is 26.6. The molecule has 0 fully saturated rings. The lowest BCUT2D eigenvalue weighted by atomic mass is 10.1. The fourth-order valence-corrected chi connectivity index (χ4v) is 15.0. The smallest absolute Gasteiger partial charge is 0.335 e. The van der Waals surface area contributed by atoms with E-state index in [4.69, 9.17) is 0 Å². The summed E-state index contributed by atoms with van der Waals surface area (Å²) in [7, 11) is 4.21. The summed E-state index contributed by atoms with van der Waals surface area (Å²) in [5, 5.41) is 18.9. The minimum Gasteiger partial charge on any atom is -0.478 e. The van der Waals surface area contributed by atoms with Crippen LogP contribution in [0.25, 0.3) is 113 Å². The number of carbonyl (C=O) groups excluding carboxylic acids is 1. The first-order valence-corrected chi connectivity index (χ1v) is 39.6. The van der Waals surface area contributed by atoms with Gasteiger partial charge in [0.1, 0.15) is 6.29 Å². The summed E-state index contributed by atoms with van der Waals surface area (Å²) in [6, 6.07) is 116. The zero-order chi connectivity index (χ0) is 77.7. The third kappa shape index (κ3) is 18.3. The molecule has 0 atom stereocenters. The van der Waals surface area contributed by atoms with Gasteiger partial charge in [0.15, 0.2) is 0 Å². The molecular weight excluding hydrogens is 1630 g/mol. The van der Waals surface area contributed by atoms with E-state index >= 15 is 0 Å². The van der Waals surface area contributed by atoms with E-state index in [0.717, 1.165) is 126 Å². The first kappa shape index (κ1) is 77.9. The maximum atomic E-state index is 11.4. The Morgan fingerprint density at radius 3 is 0.883 bits per heavy atom. The molecule has 4 aromatic heterocycles. The first-order valence-electron chi connectivity index (χ1n) is 36.4. The lowest BCUT2D eigenvalue weighted by Gasteiger charge is -2.17. The highest BCUT2D eigenvalue weighted by Gasteiger charge is 2.21. The third-order valence-corrected chi connectivity index (χ3v) is 21.5. The van der Waals surface area contributed by atoms with Crippen LogP contribution in [-0.2, 0) is 13.2 Å². The number of nitrogens with zero attached hydrogens (tertiary/aromatic N) is 5. The van der Waals surface area contributed by atoms with Gasteiger partial charge in [-0.05, 0) is 271 Å². The number of carboxylic acid groups (broad SMARTS) is 1. The molecule has 0 bridgehead atoms. The number of aliphatic hydroxyl groups excluding tert-OH is 1. The minimum absolute atomic E-state index is 0.0402. The molecule has 111 heavy (non-hydrogen) atoms. The number of aromatic nitrogens is 4. The monoisotopic (exact) mass is 1710 g/mol. The van der Waals surface area contributed by atoms with Crippen LogP contribution in [0, 0.1) is 27.7 Å². The van der Waals surface area contributed by atoms with Crippen molar-refractivity contribution in [2.75, 3.05) is 14.1 Å². The van der Waals surface area contributed by atoms with Gasteiger partial charge < -0.3 is 33.4 Å². The number of carboxylic acids is 1. The molecule has 0 aliphatic rings. The van der Waals surface area contributed by atoms with E-state index in [1.807, 2.05) is 78.9 Å². The van der Waals surface area contributed by atoms with E-state index in [2.05, 4.69) is 371 Å². The van der Waals surface area contributed by atoms with Gasteiger partial charge in [-0.2, -0.15) is 0 Å². The highest BCUT2D eigenvalue weighted by Crippen LogP contribution is 2.40. The number of benzene rings is 12. The molecule has 0 aliphatic heterocycles. The highest BCUT2D eigenvalue weighted by molar-refractivity contribution is 9.11. The molecule has 0 amide bonds.